The van der Waals surface area contributed by atoms with E-state index in [0.717, 1.165) is 11.1 Å². The number of para-hydroxylation sites is 1. The van der Waals surface area contributed by atoms with Crippen molar-refractivity contribution in [2.24, 2.45) is 0 Å². The van der Waals surface area contributed by atoms with Gasteiger partial charge in [-0.25, -0.2) is 0 Å². The van der Waals surface area contributed by atoms with Gasteiger partial charge in [0.15, 0.2) is 0 Å². The van der Waals surface area contributed by atoms with Crippen molar-refractivity contribution >= 4 is 5.91 Å². The van der Waals surface area contributed by atoms with E-state index in [1.165, 1.54) is 11.1 Å². The number of aryl methyl sites for hydroxylation is 2. The van der Waals surface area contributed by atoms with Crippen LogP contribution in [0, 0.1) is 13.8 Å². The molecule has 3 nitrogen and oxygen atoms in total. The summed E-state index contributed by atoms with van der Waals surface area (Å²) in [7, 11) is 0. The van der Waals surface area contributed by atoms with Crippen LogP contribution < -0.4 is 10.1 Å². The normalized spacial score (nSPS) is 11.7. The van der Waals surface area contributed by atoms with Gasteiger partial charge in [-0.05, 0) is 49.6 Å². The minimum atomic E-state index is -0.132. The molecule has 3 rings (SSSR count). The summed E-state index contributed by atoms with van der Waals surface area (Å²) >= 11 is 0. The lowest BCUT2D eigenvalue weighted by Gasteiger charge is -2.18. The van der Waals surface area contributed by atoms with Gasteiger partial charge in [0.2, 0.25) is 0 Å². The van der Waals surface area contributed by atoms with Gasteiger partial charge < -0.3 is 10.1 Å². The number of rotatable bonds is 6. The van der Waals surface area contributed by atoms with Gasteiger partial charge in [0, 0.05) is 0 Å². The van der Waals surface area contributed by atoms with E-state index in [-0.39, 0.29) is 11.9 Å². The average molecular weight is 359 g/mol. The van der Waals surface area contributed by atoms with Crippen molar-refractivity contribution in [3.8, 4) is 5.75 Å². The molecule has 0 aliphatic heterocycles. The van der Waals surface area contributed by atoms with E-state index >= 15 is 0 Å². The molecular formula is C24H25NO2. The second kappa shape index (κ2) is 8.54. The Kier molecular flexibility index (Phi) is 5.92. The SMILES string of the molecule is Cc1ccc(C)c([C@H](C)NC(=O)c2ccccc2OCc2ccccc2)c1. The number of hydrogen-bond donors (Lipinski definition) is 1. The number of ether oxygens (including phenoxy) is 1. The van der Waals surface area contributed by atoms with Crippen molar-refractivity contribution in [3.05, 3.63) is 101 Å². The molecule has 3 aromatic carbocycles. The molecule has 0 aromatic heterocycles. The highest BCUT2D eigenvalue weighted by Gasteiger charge is 2.16. The van der Waals surface area contributed by atoms with Crippen LogP contribution in [-0.2, 0) is 6.61 Å². The molecule has 0 unspecified atom stereocenters. The summed E-state index contributed by atoms with van der Waals surface area (Å²) in [6.45, 7) is 6.56. The predicted octanol–water partition coefficient (Wildman–Crippen LogP) is 5.37. The Hall–Kier alpha value is -3.07. The lowest BCUT2D eigenvalue weighted by molar-refractivity contribution is 0.0935. The molecule has 1 amide bonds. The molecular weight excluding hydrogens is 334 g/mol. The second-order valence-corrected chi connectivity index (χ2v) is 6.83. The molecule has 0 spiro atoms. The molecule has 138 valence electrons. The third-order valence-corrected chi connectivity index (χ3v) is 4.62. The van der Waals surface area contributed by atoms with Gasteiger partial charge in [0.05, 0.1) is 11.6 Å². The molecule has 0 saturated heterocycles. The number of hydrogen-bond acceptors (Lipinski definition) is 2. The highest BCUT2D eigenvalue weighted by Crippen LogP contribution is 2.23. The second-order valence-electron chi connectivity index (χ2n) is 6.83. The zero-order valence-electron chi connectivity index (χ0n) is 16.0. The zero-order chi connectivity index (χ0) is 19.2. The quantitative estimate of drug-likeness (QED) is 0.642. The van der Waals surface area contributed by atoms with Gasteiger partial charge in [0.1, 0.15) is 12.4 Å². The van der Waals surface area contributed by atoms with Crippen LogP contribution in [0.3, 0.4) is 0 Å². The highest BCUT2D eigenvalue weighted by atomic mass is 16.5. The van der Waals surface area contributed by atoms with Crippen LogP contribution in [0.2, 0.25) is 0 Å². The lowest BCUT2D eigenvalue weighted by Crippen LogP contribution is -2.27. The Morgan fingerprint density at radius 3 is 2.44 bits per heavy atom. The number of carbonyl (C=O) groups is 1. The maximum absolute atomic E-state index is 12.9. The molecule has 0 heterocycles. The Morgan fingerprint density at radius 2 is 1.67 bits per heavy atom. The van der Waals surface area contributed by atoms with E-state index in [4.69, 9.17) is 4.74 Å². The number of nitrogens with one attached hydrogen (secondary N) is 1. The predicted molar refractivity (Wildman–Crippen MR) is 109 cm³/mol. The largest absolute Gasteiger partial charge is 0.488 e. The first-order valence-corrected chi connectivity index (χ1v) is 9.18. The van der Waals surface area contributed by atoms with Crippen LogP contribution in [0.1, 0.15) is 45.6 Å². The van der Waals surface area contributed by atoms with E-state index in [9.17, 15) is 4.79 Å². The molecule has 1 N–H and O–H groups in total. The minimum absolute atomic E-state index is 0.0837. The van der Waals surface area contributed by atoms with Crippen molar-refractivity contribution in [1.29, 1.82) is 0 Å². The highest BCUT2D eigenvalue weighted by molar-refractivity contribution is 5.97. The fourth-order valence-electron chi connectivity index (χ4n) is 3.09. The zero-order valence-corrected chi connectivity index (χ0v) is 16.0. The Balaban J connectivity index is 1.74. The smallest absolute Gasteiger partial charge is 0.255 e. The van der Waals surface area contributed by atoms with Crippen LogP contribution in [0.5, 0.6) is 5.75 Å². The standard InChI is InChI=1S/C24H25NO2/c1-17-13-14-18(2)22(15-17)19(3)25-24(26)21-11-7-8-12-23(21)27-16-20-9-5-4-6-10-20/h4-15,19H,16H2,1-3H3,(H,25,26)/t19-/m0/s1. The van der Waals surface area contributed by atoms with Crippen LogP contribution in [0.15, 0.2) is 72.8 Å². The van der Waals surface area contributed by atoms with Crippen LogP contribution in [0.25, 0.3) is 0 Å². The first-order chi connectivity index (χ1) is 13.0. The van der Waals surface area contributed by atoms with Gasteiger partial charge in [0.25, 0.3) is 5.91 Å². The van der Waals surface area contributed by atoms with Gasteiger partial charge in [-0.3, -0.25) is 4.79 Å². The molecule has 0 saturated carbocycles. The minimum Gasteiger partial charge on any atom is -0.488 e. The average Bonchev–Trinajstić information content (AvgIpc) is 2.69. The monoisotopic (exact) mass is 359 g/mol. The van der Waals surface area contributed by atoms with Crippen molar-refractivity contribution in [3.63, 3.8) is 0 Å². The van der Waals surface area contributed by atoms with Crippen molar-refractivity contribution in [1.82, 2.24) is 5.32 Å². The van der Waals surface area contributed by atoms with Crippen molar-refractivity contribution in [2.45, 2.75) is 33.4 Å². The summed E-state index contributed by atoms with van der Waals surface area (Å²) in [5.41, 5.74) is 5.10. The summed E-state index contributed by atoms with van der Waals surface area (Å²) in [5.74, 6) is 0.457. The summed E-state index contributed by atoms with van der Waals surface area (Å²) in [4.78, 5) is 12.9. The van der Waals surface area contributed by atoms with E-state index in [2.05, 4.69) is 37.4 Å². The molecule has 0 aliphatic carbocycles. The summed E-state index contributed by atoms with van der Waals surface area (Å²) in [5, 5.41) is 3.10. The molecule has 1 atom stereocenters. The van der Waals surface area contributed by atoms with Gasteiger partial charge in [-0.1, -0.05) is 66.2 Å². The number of amides is 1. The molecule has 0 fully saturated rings. The van der Waals surface area contributed by atoms with E-state index in [0.29, 0.717) is 17.9 Å². The van der Waals surface area contributed by atoms with Gasteiger partial charge >= 0.3 is 0 Å². The maximum Gasteiger partial charge on any atom is 0.255 e. The molecule has 3 aromatic rings. The van der Waals surface area contributed by atoms with Crippen molar-refractivity contribution in [2.75, 3.05) is 0 Å². The molecule has 0 aliphatic rings. The fraction of sp³-hybridized carbons (Fsp3) is 0.208. The fourth-order valence-corrected chi connectivity index (χ4v) is 3.09. The summed E-state index contributed by atoms with van der Waals surface area (Å²) in [6, 6.07) is 23.5. The molecule has 27 heavy (non-hydrogen) atoms. The topological polar surface area (TPSA) is 38.3 Å². The first-order valence-electron chi connectivity index (χ1n) is 9.18. The first kappa shape index (κ1) is 18.7. The maximum atomic E-state index is 12.9. The van der Waals surface area contributed by atoms with E-state index in [1.54, 1.807) is 6.07 Å². The Bertz CT molecular complexity index is 919. The molecule has 0 bridgehead atoms. The van der Waals surface area contributed by atoms with E-state index < -0.39 is 0 Å². The Labute approximate surface area is 161 Å². The summed E-state index contributed by atoms with van der Waals surface area (Å²) in [6.07, 6.45) is 0. The number of benzene rings is 3. The van der Waals surface area contributed by atoms with Crippen LogP contribution >= 0.6 is 0 Å². The molecule has 3 heteroatoms. The van der Waals surface area contributed by atoms with Gasteiger partial charge in [-0.2, -0.15) is 0 Å². The number of carbonyl (C=O) groups excluding carboxylic acids is 1. The van der Waals surface area contributed by atoms with Crippen LogP contribution in [0.4, 0.5) is 0 Å². The van der Waals surface area contributed by atoms with Crippen molar-refractivity contribution < 1.29 is 9.53 Å². The van der Waals surface area contributed by atoms with Gasteiger partial charge in [-0.15, -0.1) is 0 Å². The third kappa shape index (κ3) is 4.76. The van der Waals surface area contributed by atoms with E-state index in [1.807, 2.05) is 55.5 Å². The van der Waals surface area contributed by atoms with Crippen LogP contribution in [-0.4, -0.2) is 5.91 Å². The summed E-state index contributed by atoms with van der Waals surface area (Å²) < 4.78 is 5.91. The molecule has 0 radical (unpaired) electrons. The Morgan fingerprint density at radius 1 is 0.963 bits per heavy atom. The lowest BCUT2D eigenvalue weighted by atomic mass is 9.99. The third-order valence-electron chi connectivity index (χ3n) is 4.62.